The van der Waals surface area contributed by atoms with Crippen LogP contribution in [0, 0.1) is 6.92 Å². The Labute approximate surface area is 81.7 Å². The van der Waals surface area contributed by atoms with Crippen molar-refractivity contribution in [1.29, 1.82) is 0 Å². The van der Waals surface area contributed by atoms with Gasteiger partial charge in [0.15, 0.2) is 0 Å². The van der Waals surface area contributed by atoms with Crippen LogP contribution in [0.1, 0.15) is 23.6 Å². The highest BCUT2D eigenvalue weighted by atomic mass is 32.2. The van der Waals surface area contributed by atoms with E-state index in [9.17, 15) is 8.42 Å². The maximum absolute atomic E-state index is 10.8. The third-order valence-corrected chi connectivity index (χ3v) is 3.20. The molecular formula is C7H11NO3S2. The quantitative estimate of drug-likeness (QED) is 0.726. The lowest BCUT2D eigenvalue weighted by molar-refractivity contribution is 0.239. The zero-order valence-corrected chi connectivity index (χ0v) is 9.28. The molecule has 0 saturated heterocycles. The van der Waals surface area contributed by atoms with Crippen LogP contribution < -0.4 is 0 Å². The summed E-state index contributed by atoms with van der Waals surface area (Å²) >= 11 is 1.40. The van der Waals surface area contributed by atoms with E-state index in [4.69, 9.17) is 4.18 Å². The minimum absolute atomic E-state index is 0.442. The van der Waals surface area contributed by atoms with Gasteiger partial charge >= 0.3 is 0 Å². The van der Waals surface area contributed by atoms with E-state index in [-0.39, 0.29) is 0 Å². The first kappa shape index (κ1) is 10.6. The van der Waals surface area contributed by atoms with Crippen LogP contribution in [0.5, 0.6) is 0 Å². The average molecular weight is 221 g/mol. The number of hydrogen-bond donors (Lipinski definition) is 0. The van der Waals surface area contributed by atoms with E-state index in [1.54, 1.807) is 12.4 Å². The predicted molar refractivity (Wildman–Crippen MR) is 51.2 cm³/mol. The molecule has 0 N–H and O–H groups in total. The third kappa shape index (κ3) is 3.06. The maximum atomic E-state index is 10.8. The Kier molecular flexibility index (Phi) is 3.05. The first-order valence-electron chi connectivity index (χ1n) is 3.68. The van der Waals surface area contributed by atoms with Gasteiger partial charge in [0.1, 0.15) is 6.10 Å². The number of aryl methyl sites for hydroxylation is 1. The second kappa shape index (κ2) is 3.73. The Morgan fingerprint density at radius 3 is 2.62 bits per heavy atom. The number of rotatable bonds is 3. The lowest BCUT2D eigenvalue weighted by Gasteiger charge is -2.08. The van der Waals surface area contributed by atoms with Crippen molar-refractivity contribution in [1.82, 2.24) is 4.98 Å². The fourth-order valence-corrected chi connectivity index (χ4v) is 2.48. The van der Waals surface area contributed by atoms with Gasteiger partial charge in [-0.15, -0.1) is 11.3 Å². The third-order valence-electron chi connectivity index (χ3n) is 1.47. The monoisotopic (exact) mass is 221 g/mol. The first-order chi connectivity index (χ1) is 5.90. The molecular weight excluding hydrogens is 210 g/mol. The molecule has 0 radical (unpaired) electrons. The molecule has 1 rings (SSSR count). The molecule has 13 heavy (non-hydrogen) atoms. The summed E-state index contributed by atoms with van der Waals surface area (Å²) in [6.45, 7) is 3.52. The highest BCUT2D eigenvalue weighted by molar-refractivity contribution is 7.86. The summed E-state index contributed by atoms with van der Waals surface area (Å²) in [4.78, 5) is 4.86. The molecule has 0 aliphatic heterocycles. The smallest absolute Gasteiger partial charge is 0.262 e. The van der Waals surface area contributed by atoms with Crippen LogP contribution in [0.2, 0.25) is 0 Å². The van der Waals surface area contributed by atoms with Crippen LogP contribution in [0.4, 0.5) is 0 Å². The van der Waals surface area contributed by atoms with Crippen LogP contribution in [0.3, 0.4) is 0 Å². The second-order valence-electron chi connectivity index (χ2n) is 2.74. The zero-order chi connectivity index (χ0) is 10.1. The van der Waals surface area contributed by atoms with Gasteiger partial charge in [-0.3, -0.25) is 4.18 Å². The lowest BCUT2D eigenvalue weighted by Crippen LogP contribution is -2.07. The fourth-order valence-electron chi connectivity index (χ4n) is 1.01. The van der Waals surface area contributed by atoms with Crippen LogP contribution in [-0.2, 0) is 14.3 Å². The van der Waals surface area contributed by atoms with Crippen molar-refractivity contribution in [2.75, 3.05) is 6.26 Å². The molecule has 1 aromatic heterocycles. The molecule has 0 aliphatic carbocycles. The molecule has 0 amide bonds. The van der Waals surface area contributed by atoms with Gasteiger partial charge < -0.3 is 0 Å². The predicted octanol–water partition coefficient (Wildman–Crippen LogP) is 1.49. The molecule has 0 bridgehead atoms. The highest BCUT2D eigenvalue weighted by Crippen LogP contribution is 2.25. The van der Waals surface area contributed by atoms with Crippen LogP contribution in [-0.4, -0.2) is 19.7 Å². The molecule has 0 spiro atoms. The van der Waals surface area contributed by atoms with Gasteiger partial charge in [0.25, 0.3) is 10.1 Å². The zero-order valence-electron chi connectivity index (χ0n) is 7.64. The summed E-state index contributed by atoms with van der Waals surface area (Å²) < 4.78 is 26.4. The standard InChI is InChI=1S/C7H11NO3S2/c1-5-7(12-4-8-5)6(2)11-13(3,9)10/h4,6H,1-3H3. The van der Waals surface area contributed by atoms with E-state index in [1.165, 1.54) is 11.3 Å². The van der Waals surface area contributed by atoms with Gasteiger partial charge in [0.2, 0.25) is 0 Å². The normalized spacial score (nSPS) is 14.4. The SMILES string of the molecule is Cc1ncsc1C(C)OS(C)(=O)=O. The minimum Gasteiger partial charge on any atom is -0.262 e. The Morgan fingerprint density at radius 1 is 1.62 bits per heavy atom. The van der Waals surface area contributed by atoms with E-state index < -0.39 is 16.2 Å². The van der Waals surface area contributed by atoms with Crippen LogP contribution in [0.25, 0.3) is 0 Å². The van der Waals surface area contributed by atoms with Gasteiger partial charge in [-0.05, 0) is 13.8 Å². The fraction of sp³-hybridized carbons (Fsp3) is 0.571. The topological polar surface area (TPSA) is 56.3 Å². The summed E-state index contributed by atoms with van der Waals surface area (Å²) in [5.41, 5.74) is 2.49. The van der Waals surface area contributed by atoms with E-state index in [1.807, 2.05) is 6.92 Å². The number of aromatic nitrogens is 1. The molecule has 1 atom stereocenters. The van der Waals surface area contributed by atoms with Crippen molar-refractivity contribution in [2.24, 2.45) is 0 Å². The van der Waals surface area contributed by atoms with Crippen molar-refractivity contribution in [3.63, 3.8) is 0 Å². The molecule has 1 unspecified atom stereocenters. The number of nitrogens with zero attached hydrogens (tertiary/aromatic N) is 1. The second-order valence-corrected chi connectivity index (χ2v) is 5.23. The molecule has 0 saturated carbocycles. The van der Waals surface area contributed by atoms with Crippen molar-refractivity contribution in [2.45, 2.75) is 20.0 Å². The molecule has 0 aromatic carbocycles. The van der Waals surface area contributed by atoms with E-state index in [0.29, 0.717) is 0 Å². The van der Waals surface area contributed by atoms with E-state index >= 15 is 0 Å². The Morgan fingerprint density at radius 2 is 2.23 bits per heavy atom. The van der Waals surface area contributed by atoms with Gasteiger partial charge in [-0.2, -0.15) is 8.42 Å². The highest BCUT2D eigenvalue weighted by Gasteiger charge is 2.16. The first-order valence-corrected chi connectivity index (χ1v) is 6.38. The lowest BCUT2D eigenvalue weighted by atomic mass is 10.3. The van der Waals surface area contributed by atoms with Crippen LogP contribution in [0.15, 0.2) is 5.51 Å². The van der Waals surface area contributed by atoms with Crippen LogP contribution >= 0.6 is 11.3 Å². The van der Waals surface area contributed by atoms with Gasteiger partial charge in [-0.25, -0.2) is 4.98 Å². The minimum atomic E-state index is -3.39. The largest absolute Gasteiger partial charge is 0.264 e. The van der Waals surface area contributed by atoms with Crippen molar-refractivity contribution >= 4 is 21.5 Å². The maximum Gasteiger partial charge on any atom is 0.264 e. The Balaban J connectivity index is 2.81. The van der Waals surface area contributed by atoms with Crippen molar-refractivity contribution in [3.05, 3.63) is 16.1 Å². The summed E-state index contributed by atoms with van der Waals surface area (Å²) in [6, 6.07) is 0. The van der Waals surface area contributed by atoms with Gasteiger partial charge in [0.05, 0.1) is 22.3 Å². The summed E-state index contributed by atoms with van der Waals surface area (Å²) in [5, 5.41) is 0. The molecule has 1 heterocycles. The summed E-state index contributed by atoms with van der Waals surface area (Å²) in [6.07, 6.45) is 0.599. The number of thiazole rings is 1. The Hall–Kier alpha value is -0.460. The van der Waals surface area contributed by atoms with Gasteiger partial charge in [-0.1, -0.05) is 0 Å². The van der Waals surface area contributed by atoms with Crippen molar-refractivity contribution in [3.8, 4) is 0 Å². The van der Waals surface area contributed by atoms with E-state index in [0.717, 1.165) is 16.8 Å². The Bertz CT molecular complexity index is 382. The number of hydrogen-bond acceptors (Lipinski definition) is 5. The van der Waals surface area contributed by atoms with E-state index in [2.05, 4.69) is 4.98 Å². The molecule has 0 fully saturated rings. The van der Waals surface area contributed by atoms with Crippen molar-refractivity contribution < 1.29 is 12.6 Å². The molecule has 4 nitrogen and oxygen atoms in total. The molecule has 6 heteroatoms. The summed E-state index contributed by atoms with van der Waals surface area (Å²) in [5.74, 6) is 0. The summed E-state index contributed by atoms with van der Waals surface area (Å²) in [7, 11) is -3.39. The molecule has 1 aromatic rings. The molecule has 0 aliphatic rings. The molecule has 74 valence electrons. The average Bonchev–Trinajstić information content (AvgIpc) is 2.30. The van der Waals surface area contributed by atoms with Gasteiger partial charge in [0, 0.05) is 0 Å².